The van der Waals surface area contributed by atoms with Crippen LogP contribution in [0.2, 0.25) is 0 Å². The fraction of sp³-hybridized carbons (Fsp3) is 0.235. The monoisotopic (exact) mass is 340 g/mol. The molecular formula is C17H16N4O4. The minimum Gasteiger partial charge on any atom is -0.481 e. The molecule has 0 saturated carbocycles. The number of benzene rings is 1. The quantitative estimate of drug-likeness (QED) is 0.666. The Morgan fingerprint density at radius 1 is 1.16 bits per heavy atom. The fourth-order valence-electron chi connectivity index (χ4n) is 2.72. The van der Waals surface area contributed by atoms with Crippen LogP contribution in [0, 0.1) is 5.92 Å². The summed E-state index contributed by atoms with van der Waals surface area (Å²) in [7, 11) is 0. The molecular weight excluding hydrogens is 324 g/mol. The zero-order valence-corrected chi connectivity index (χ0v) is 13.2. The van der Waals surface area contributed by atoms with E-state index in [2.05, 4.69) is 9.97 Å². The zero-order chi connectivity index (χ0) is 18.1. The number of nitrogens with two attached hydrogens (primary N) is 2. The SMILES string of the molecule is NC1=CC(C(=O)[C@@H](N)CCC(=O)O)C(=O)c2nc3ccccc3nc21. The predicted octanol–water partition coefficient (Wildman–Crippen LogP) is 0.503. The number of allylic oxidation sites excluding steroid dienone is 1. The number of ketones is 2. The highest BCUT2D eigenvalue weighted by molar-refractivity contribution is 6.17. The van der Waals surface area contributed by atoms with Crippen LogP contribution in [0.3, 0.4) is 0 Å². The number of carbonyl (C=O) groups is 3. The summed E-state index contributed by atoms with van der Waals surface area (Å²) in [5, 5.41) is 8.70. The molecule has 1 aromatic carbocycles. The van der Waals surface area contributed by atoms with Crippen molar-refractivity contribution in [2.75, 3.05) is 0 Å². The molecule has 0 amide bonds. The van der Waals surface area contributed by atoms with Crippen LogP contribution in [-0.4, -0.2) is 38.7 Å². The summed E-state index contributed by atoms with van der Waals surface area (Å²) in [6, 6.07) is 5.95. The molecule has 1 heterocycles. The van der Waals surface area contributed by atoms with Gasteiger partial charge in [-0.15, -0.1) is 0 Å². The molecule has 2 atom stereocenters. The van der Waals surface area contributed by atoms with Crippen LogP contribution in [-0.2, 0) is 9.59 Å². The number of carboxylic acid groups (broad SMARTS) is 1. The lowest BCUT2D eigenvalue weighted by Crippen LogP contribution is -2.40. The Hall–Kier alpha value is -3.13. The van der Waals surface area contributed by atoms with E-state index >= 15 is 0 Å². The zero-order valence-electron chi connectivity index (χ0n) is 13.2. The second-order valence-corrected chi connectivity index (χ2v) is 5.81. The van der Waals surface area contributed by atoms with Crippen LogP contribution in [0.1, 0.15) is 29.0 Å². The van der Waals surface area contributed by atoms with Crippen molar-refractivity contribution < 1.29 is 19.5 Å². The van der Waals surface area contributed by atoms with E-state index in [4.69, 9.17) is 16.6 Å². The molecule has 5 N–H and O–H groups in total. The Labute approximate surface area is 142 Å². The van der Waals surface area contributed by atoms with Crippen LogP contribution in [0.4, 0.5) is 0 Å². The Bertz CT molecular complexity index is 922. The summed E-state index contributed by atoms with van der Waals surface area (Å²) in [5.74, 6) is -3.34. The van der Waals surface area contributed by atoms with Gasteiger partial charge in [0.2, 0.25) is 0 Å². The van der Waals surface area contributed by atoms with E-state index in [-0.39, 0.29) is 29.9 Å². The maximum atomic E-state index is 12.7. The number of fused-ring (bicyclic) bond motifs is 2. The summed E-state index contributed by atoms with van der Waals surface area (Å²) < 4.78 is 0. The van der Waals surface area contributed by atoms with Crippen LogP contribution >= 0.6 is 0 Å². The molecule has 0 saturated heterocycles. The van der Waals surface area contributed by atoms with Crippen molar-refractivity contribution in [1.29, 1.82) is 0 Å². The van der Waals surface area contributed by atoms with Gasteiger partial charge in [0.1, 0.15) is 17.3 Å². The van der Waals surface area contributed by atoms with Gasteiger partial charge in [-0.2, -0.15) is 0 Å². The highest BCUT2D eigenvalue weighted by atomic mass is 16.4. The number of aliphatic carboxylic acids is 1. The Balaban J connectivity index is 1.95. The molecule has 25 heavy (non-hydrogen) atoms. The largest absolute Gasteiger partial charge is 0.481 e. The number of carbonyl (C=O) groups excluding carboxylic acids is 2. The number of aromatic nitrogens is 2. The molecule has 3 rings (SSSR count). The number of rotatable bonds is 5. The third-order valence-electron chi connectivity index (χ3n) is 4.05. The summed E-state index contributed by atoms with van der Waals surface area (Å²) in [5.41, 5.74) is 13.3. The number of hydrogen-bond acceptors (Lipinski definition) is 7. The molecule has 0 bridgehead atoms. The molecule has 8 nitrogen and oxygen atoms in total. The number of Topliss-reactive ketones (excluding diaryl/α,β-unsaturated/α-hetero) is 2. The minimum atomic E-state index is -1.17. The first kappa shape index (κ1) is 16.7. The smallest absolute Gasteiger partial charge is 0.303 e. The Kier molecular flexibility index (Phi) is 4.28. The maximum absolute atomic E-state index is 12.7. The highest BCUT2D eigenvalue weighted by Crippen LogP contribution is 2.27. The van der Waals surface area contributed by atoms with Gasteiger partial charge < -0.3 is 16.6 Å². The van der Waals surface area contributed by atoms with Gasteiger partial charge in [0.15, 0.2) is 11.6 Å². The fourth-order valence-corrected chi connectivity index (χ4v) is 2.72. The summed E-state index contributed by atoms with van der Waals surface area (Å²) >= 11 is 0. The van der Waals surface area contributed by atoms with Gasteiger partial charge in [0, 0.05) is 6.42 Å². The van der Waals surface area contributed by atoms with Crippen molar-refractivity contribution in [1.82, 2.24) is 9.97 Å². The van der Waals surface area contributed by atoms with Crippen molar-refractivity contribution >= 4 is 34.3 Å². The lowest BCUT2D eigenvalue weighted by Gasteiger charge is -2.21. The summed E-state index contributed by atoms with van der Waals surface area (Å²) in [4.78, 5) is 44.4. The topological polar surface area (TPSA) is 149 Å². The van der Waals surface area contributed by atoms with Gasteiger partial charge in [-0.05, 0) is 24.6 Å². The van der Waals surface area contributed by atoms with Crippen LogP contribution in [0.5, 0.6) is 0 Å². The van der Waals surface area contributed by atoms with Gasteiger partial charge in [0.25, 0.3) is 0 Å². The van der Waals surface area contributed by atoms with Crippen molar-refractivity contribution in [2.24, 2.45) is 17.4 Å². The molecule has 0 aliphatic heterocycles. The van der Waals surface area contributed by atoms with E-state index in [9.17, 15) is 14.4 Å². The molecule has 0 spiro atoms. The lowest BCUT2D eigenvalue weighted by atomic mass is 9.85. The van der Waals surface area contributed by atoms with E-state index in [1.165, 1.54) is 6.08 Å². The second-order valence-electron chi connectivity index (χ2n) is 5.81. The molecule has 0 radical (unpaired) electrons. The van der Waals surface area contributed by atoms with Crippen molar-refractivity contribution in [3.05, 3.63) is 41.7 Å². The molecule has 8 heteroatoms. The third-order valence-corrected chi connectivity index (χ3v) is 4.05. The van der Waals surface area contributed by atoms with Gasteiger partial charge >= 0.3 is 5.97 Å². The molecule has 2 aromatic rings. The molecule has 1 aliphatic carbocycles. The first-order chi connectivity index (χ1) is 11.9. The molecule has 1 aliphatic rings. The van der Waals surface area contributed by atoms with Crippen molar-refractivity contribution in [3.8, 4) is 0 Å². The van der Waals surface area contributed by atoms with Gasteiger partial charge in [-0.25, -0.2) is 9.97 Å². The number of nitrogens with zero attached hydrogens (tertiary/aromatic N) is 2. The third kappa shape index (κ3) is 3.11. The molecule has 1 aromatic heterocycles. The van der Waals surface area contributed by atoms with Crippen LogP contribution in [0.25, 0.3) is 16.7 Å². The average molecular weight is 340 g/mol. The first-order valence-corrected chi connectivity index (χ1v) is 7.68. The van der Waals surface area contributed by atoms with Crippen LogP contribution < -0.4 is 11.5 Å². The maximum Gasteiger partial charge on any atom is 0.303 e. The second kappa shape index (κ2) is 6.40. The van der Waals surface area contributed by atoms with Crippen molar-refractivity contribution in [2.45, 2.75) is 18.9 Å². The average Bonchev–Trinajstić information content (AvgIpc) is 2.60. The minimum absolute atomic E-state index is 0.0301. The standard InChI is InChI=1S/C17H16N4O4/c18-9(5-6-13(22)23)16(24)8-7-10(19)14-15(17(8)25)21-12-4-2-1-3-11(12)20-14/h1-4,7-9H,5-6,18-19H2,(H,22,23)/t8?,9-/m0/s1. The van der Waals surface area contributed by atoms with Gasteiger partial charge in [0.05, 0.1) is 22.8 Å². The summed E-state index contributed by atoms with van der Waals surface area (Å²) in [6.07, 6.45) is 1.01. The lowest BCUT2D eigenvalue weighted by molar-refractivity contribution is -0.137. The number of hydrogen-bond donors (Lipinski definition) is 3. The molecule has 128 valence electrons. The predicted molar refractivity (Wildman–Crippen MR) is 89.4 cm³/mol. The van der Waals surface area contributed by atoms with Crippen LogP contribution in [0.15, 0.2) is 30.3 Å². The Morgan fingerprint density at radius 2 is 1.76 bits per heavy atom. The first-order valence-electron chi connectivity index (χ1n) is 7.68. The number of para-hydroxylation sites is 2. The van der Waals surface area contributed by atoms with E-state index in [1.54, 1.807) is 24.3 Å². The normalized spacial score (nSPS) is 17.7. The van der Waals surface area contributed by atoms with E-state index in [1.807, 2.05) is 0 Å². The van der Waals surface area contributed by atoms with Gasteiger partial charge in [-0.3, -0.25) is 14.4 Å². The number of carboxylic acids is 1. The summed E-state index contributed by atoms with van der Waals surface area (Å²) in [6.45, 7) is 0. The highest BCUT2D eigenvalue weighted by Gasteiger charge is 2.36. The molecule has 0 fully saturated rings. The molecule has 1 unspecified atom stereocenters. The van der Waals surface area contributed by atoms with E-state index in [0.29, 0.717) is 11.0 Å². The van der Waals surface area contributed by atoms with Gasteiger partial charge in [-0.1, -0.05) is 12.1 Å². The van der Waals surface area contributed by atoms with Crippen molar-refractivity contribution in [3.63, 3.8) is 0 Å². The van der Waals surface area contributed by atoms with E-state index in [0.717, 1.165) is 0 Å². The Morgan fingerprint density at radius 3 is 2.36 bits per heavy atom. The van der Waals surface area contributed by atoms with E-state index < -0.39 is 29.5 Å².